The molecule has 2 aliphatic heterocycles. The average molecular weight is 258 g/mol. The molecule has 18 heavy (non-hydrogen) atoms. The second-order valence-corrected chi connectivity index (χ2v) is 3.61. The van der Waals surface area contributed by atoms with Crippen molar-refractivity contribution in [1.82, 2.24) is 15.4 Å². The molecule has 0 saturated carbocycles. The quantitative estimate of drug-likeness (QED) is 0.684. The molecule has 1 N–H and O–H groups in total. The third-order valence-corrected chi connectivity index (χ3v) is 2.60. The molecule has 0 aliphatic carbocycles. The van der Waals surface area contributed by atoms with Crippen LogP contribution in [0.1, 0.15) is 6.42 Å². The van der Waals surface area contributed by atoms with Crippen LogP contribution in [-0.2, 0) is 14.3 Å². The van der Waals surface area contributed by atoms with E-state index >= 15 is 0 Å². The first-order chi connectivity index (χ1) is 8.67. The van der Waals surface area contributed by atoms with Gasteiger partial charge in [-0.15, -0.1) is 0 Å². The normalized spacial score (nSPS) is 22.9. The Labute approximate surface area is 103 Å². The minimum Gasteiger partial charge on any atom is -0.438 e. The van der Waals surface area contributed by atoms with E-state index in [0.29, 0.717) is 18.8 Å². The van der Waals surface area contributed by atoms with Crippen LogP contribution in [0.4, 0.5) is 9.59 Å². The van der Waals surface area contributed by atoms with Crippen molar-refractivity contribution in [2.24, 2.45) is 5.10 Å². The number of nitrogens with zero attached hydrogens (tertiary/aromatic N) is 3. The number of hydrazone groups is 1. The van der Waals surface area contributed by atoms with Crippen molar-refractivity contribution in [3.63, 3.8) is 0 Å². The first-order valence-corrected chi connectivity index (χ1v) is 5.36. The van der Waals surface area contributed by atoms with E-state index in [1.165, 1.54) is 19.1 Å². The van der Waals surface area contributed by atoms with Crippen molar-refractivity contribution in [2.75, 3.05) is 27.3 Å². The van der Waals surface area contributed by atoms with E-state index in [-0.39, 0.29) is 6.54 Å². The number of amidine groups is 1. The molecule has 1 atom stereocenters. The summed E-state index contributed by atoms with van der Waals surface area (Å²) < 4.78 is 9.41. The summed E-state index contributed by atoms with van der Waals surface area (Å²) in [5.74, 6) is 0.508. The number of carbonyl (C=O) groups is 2. The summed E-state index contributed by atoms with van der Waals surface area (Å²) in [6, 6.07) is -0.422. The summed E-state index contributed by atoms with van der Waals surface area (Å²) in [4.78, 5) is 29.3. The molecule has 2 rings (SSSR count). The Morgan fingerprint density at radius 2 is 2.28 bits per heavy atom. The first kappa shape index (κ1) is 12.4. The van der Waals surface area contributed by atoms with Crippen molar-refractivity contribution in [3.05, 3.63) is 0 Å². The lowest BCUT2D eigenvalue weighted by Crippen LogP contribution is -2.41. The molecule has 1 unspecified atom stereocenters. The van der Waals surface area contributed by atoms with Crippen LogP contribution in [0.25, 0.3) is 0 Å². The second kappa shape index (κ2) is 5.08. The minimum absolute atomic E-state index is 0.101. The maximum Gasteiger partial charge on any atom is 0.510 e. The number of hydroxylamine groups is 2. The predicted octanol–water partition coefficient (Wildman–Crippen LogP) is -0.299. The van der Waals surface area contributed by atoms with Crippen LogP contribution in [-0.4, -0.2) is 61.5 Å². The lowest BCUT2D eigenvalue weighted by atomic mass is 10.3. The molecule has 0 aromatic carbocycles. The number of methoxy groups -OCH3 is 1. The predicted molar refractivity (Wildman–Crippen MR) is 58.3 cm³/mol. The van der Waals surface area contributed by atoms with Gasteiger partial charge in [0.2, 0.25) is 6.23 Å². The first-order valence-electron chi connectivity index (χ1n) is 5.36. The zero-order valence-electron chi connectivity index (χ0n) is 10.1. The van der Waals surface area contributed by atoms with Gasteiger partial charge in [0.05, 0.1) is 14.2 Å². The highest BCUT2D eigenvalue weighted by atomic mass is 16.7. The highest BCUT2D eigenvalue weighted by Gasteiger charge is 2.43. The van der Waals surface area contributed by atoms with Gasteiger partial charge in [0.15, 0.2) is 0 Å². The van der Waals surface area contributed by atoms with Crippen LogP contribution in [0.3, 0.4) is 0 Å². The minimum atomic E-state index is -0.859. The van der Waals surface area contributed by atoms with Crippen molar-refractivity contribution in [2.45, 2.75) is 12.6 Å². The molecule has 0 spiro atoms. The summed E-state index contributed by atoms with van der Waals surface area (Å²) in [7, 11) is 2.57. The van der Waals surface area contributed by atoms with Gasteiger partial charge in [-0.3, -0.25) is 4.84 Å². The fourth-order valence-corrected chi connectivity index (χ4v) is 1.77. The van der Waals surface area contributed by atoms with Crippen LogP contribution in [0.15, 0.2) is 5.10 Å². The summed E-state index contributed by atoms with van der Waals surface area (Å²) in [6.07, 6.45) is -1.09. The van der Waals surface area contributed by atoms with Gasteiger partial charge in [0, 0.05) is 13.0 Å². The van der Waals surface area contributed by atoms with Crippen LogP contribution < -0.4 is 5.43 Å². The number of amides is 2. The maximum atomic E-state index is 12.0. The average Bonchev–Trinajstić information content (AvgIpc) is 2.97. The van der Waals surface area contributed by atoms with Crippen LogP contribution in [0, 0.1) is 0 Å². The number of ether oxygens (including phenoxy) is 2. The zero-order chi connectivity index (χ0) is 13.1. The van der Waals surface area contributed by atoms with E-state index in [1.807, 2.05) is 0 Å². The molecule has 9 nitrogen and oxygen atoms in total. The fourth-order valence-electron chi connectivity index (χ4n) is 1.77. The lowest BCUT2D eigenvalue weighted by Gasteiger charge is -2.20. The molecule has 1 saturated heterocycles. The van der Waals surface area contributed by atoms with Gasteiger partial charge in [-0.1, -0.05) is 0 Å². The number of hydrogen-bond donors (Lipinski definition) is 1. The van der Waals surface area contributed by atoms with E-state index in [2.05, 4.69) is 15.3 Å². The molecule has 0 bridgehead atoms. The van der Waals surface area contributed by atoms with E-state index in [1.54, 1.807) is 0 Å². The third kappa shape index (κ3) is 2.16. The molecule has 2 heterocycles. The second-order valence-electron chi connectivity index (χ2n) is 3.61. The SMILES string of the molecule is COC(=O)OC1CN(OC)C(=O)N1C1=NNCC1. The number of rotatable bonds is 2. The maximum absolute atomic E-state index is 12.0. The van der Waals surface area contributed by atoms with Crippen LogP contribution >= 0.6 is 0 Å². The van der Waals surface area contributed by atoms with Crippen molar-refractivity contribution in [3.8, 4) is 0 Å². The Morgan fingerprint density at radius 1 is 1.50 bits per heavy atom. The van der Waals surface area contributed by atoms with Crippen LogP contribution in [0.2, 0.25) is 0 Å². The Balaban J connectivity index is 2.15. The summed E-state index contributed by atoms with van der Waals surface area (Å²) in [5, 5.41) is 5.07. The molecular weight excluding hydrogens is 244 g/mol. The van der Waals surface area contributed by atoms with Crippen LogP contribution in [0.5, 0.6) is 0 Å². The Hall–Kier alpha value is -2.03. The number of nitrogens with one attached hydrogen (secondary N) is 1. The summed E-state index contributed by atoms with van der Waals surface area (Å²) in [5.41, 5.74) is 2.75. The molecule has 2 aliphatic rings. The van der Waals surface area contributed by atoms with E-state index in [9.17, 15) is 9.59 Å². The van der Waals surface area contributed by atoms with Gasteiger partial charge in [-0.25, -0.2) is 14.5 Å². The van der Waals surface area contributed by atoms with E-state index in [4.69, 9.17) is 9.57 Å². The Morgan fingerprint density at radius 3 is 2.83 bits per heavy atom. The lowest BCUT2D eigenvalue weighted by molar-refractivity contribution is -0.0847. The molecule has 100 valence electrons. The molecule has 0 aromatic heterocycles. The molecule has 1 fully saturated rings. The molecular formula is C9H14N4O5. The smallest absolute Gasteiger partial charge is 0.438 e. The van der Waals surface area contributed by atoms with Gasteiger partial charge in [-0.2, -0.15) is 10.2 Å². The zero-order valence-corrected chi connectivity index (χ0v) is 10.1. The fraction of sp³-hybridized carbons (Fsp3) is 0.667. The van der Waals surface area contributed by atoms with Gasteiger partial charge in [-0.05, 0) is 0 Å². The number of urea groups is 1. The standard InChI is InChI=1S/C9H14N4O5/c1-16-9(15)18-7-5-12(17-2)8(14)13(7)6-3-4-10-11-6/h7,10H,3-5H2,1-2H3. The summed E-state index contributed by atoms with van der Waals surface area (Å²) >= 11 is 0. The highest BCUT2D eigenvalue weighted by molar-refractivity contribution is 5.99. The monoisotopic (exact) mass is 258 g/mol. The molecule has 9 heteroatoms. The number of hydrogen-bond acceptors (Lipinski definition) is 7. The Kier molecular flexibility index (Phi) is 3.51. The molecule has 0 aromatic rings. The van der Waals surface area contributed by atoms with Crippen molar-refractivity contribution >= 4 is 18.0 Å². The van der Waals surface area contributed by atoms with Gasteiger partial charge >= 0.3 is 12.2 Å². The third-order valence-electron chi connectivity index (χ3n) is 2.60. The largest absolute Gasteiger partial charge is 0.510 e. The van der Waals surface area contributed by atoms with Gasteiger partial charge in [0.25, 0.3) is 0 Å². The molecule has 0 radical (unpaired) electrons. The van der Waals surface area contributed by atoms with E-state index < -0.39 is 18.4 Å². The van der Waals surface area contributed by atoms with Gasteiger partial charge in [0.1, 0.15) is 12.4 Å². The van der Waals surface area contributed by atoms with E-state index in [0.717, 1.165) is 5.06 Å². The number of carbonyl (C=O) groups excluding carboxylic acids is 2. The highest BCUT2D eigenvalue weighted by Crippen LogP contribution is 2.20. The Bertz CT molecular complexity index is 385. The topological polar surface area (TPSA) is 92.7 Å². The summed E-state index contributed by atoms with van der Waals surface area (Å²) in [6.45, 7) is 0.737. The van der Waals surface area contributed by atoms with Crippen molar-refractivity contribution < 1.29 is 23.9 Å². The molecule has 2 amide bonds. The van der Waals surface area contributed by atoms with Gasteiger partial charge < -0.3 is 14.9 Å². The van der Waals surface area contributed by atoms with Crippen molar-refractivity contribution in [1.29, 1.82) is 0 Å².